The summed E-state index contributed by atoms with van der Waals surface area (Å²) in [5.74, 6) is 0.612. The van der Waals surface area contributed by atoms with Crippen LogP contribution in [-0.4, -0.2) is 31.5 Å². The molecule has 0 radical (unpaired) electrons. The first-order valence-electron chi connectivity index (χ1n) is 8.25. The van der Waals surface area contributed by atoms with E-state index in [0.29, 0.717) is 19.0 Å². The number of carbonyl (C=O) groups excluding carboxylic acids is 1. The molecule has 6 heteroatoms. The van der Waals surface area contributed by atoms with Crippen LogP contribution in [-0.2, 0) is 21.5 Å². The van der Waals surface area contributed by atoms with Crippen molar-refractivity contribution < 1.29 is 17.4 Å². The average molecular weight is 356 g/mol. The summed E-state index contributed by atoms with van der Waals surface area (Å²) in [6, 6.07) is 6.89. The summed E-state index contributed by atoms with van der Waals surface area (Å²) in [7, 11) is -3.56. The first-order valence-corrected chi connectivity index (χ1v) is 9.83. The zero-order valence-corrected chi connectivity index (χ0v) is 16.3. The van der Waals surface area contributed by atoms with Gasteiger partial charge in [0.1, 0.15) is 5.75 Å². The van der Waals surface area contributed by atoms with E-state index in [4.69, 9.17) is 4.18 Å². The normalized spacial score (nSPS) is 12.3. The summed E-state index contributed by atoms with van der Waals surface area (Å²) in [4.78, 5) is 14.5. The van der Waals surface area contributed by atoms with E-state index in [0.717, 1.165) is 5.56 Å². The van der Waals surface area contributed by atoms with Crippen LogP contribution in [0.3, 0.4) is 0 Å². The Bertz CT molecular complexity index is 660. The van der Waals surface area contributed by atoms with Gasteiger partial charge >= 0.3 is 10.1 Å². The summed E-state index contributed by atoms with van der Waals surface area (Å²) in [6.45, 7) is 12.4. The van der Waals surface area contributed by atoms with Gasteiger partial charge in [-0.15, -0.1) is 0 Å². The van der Waals surface area contributed by atoms with Crippen LogP contribution in [0.1, 0.15) is 47.1 Å². The fourth-order valence-electron chi connectivity index (χ4n) is 2.26. The summed E-state index contributed by atoms with van der Waals surface area (Å²) in [5.41, 5.74) is 0.381. The molecule has 0 saturated carbocycles. The summed E-state index contributed by atoms with van der Waals surface area (Å²) in [6.07, 6.45) is 0. The van der Waals surface area contributed by atoms with E-state index in [-0.39, 0.29) is 17.4 Å². The Kier molecular flexibility index (Phi) is 6.84. The molecule has 0 aliphatic carbocycles. The molecule has 0 aromatic heterocycles. The lowest BCUT2D eigenvalue weighted by Crippen LogP contribution is -2.41. The second kappa shape index (κ2) is 8.01. The molecule has 0 N–H and O–H groups in total. The van der Waals surface area contributed by atoms with Crippen LogP contribution in [0.4, 0.5) is 0 Å². The molecular formula is C18H29NO4S. The van der Waals surface area contributed by atoms with Gasteiger partial charge in [-0.2, -0.15) is 8.42 Å². The predicted molar refractivity (Wildman–Crippen MR) is 96.2 cm³/mol. The molecule has 1 aromatic rings. The Balaban J connectivity index is 3.00. The van der Waals surface area contributed by atoms with E-state index in [1.807, 2.05) is 31.7 Å². The molecule has 0 heterocycles. The lowest BCUT2D eigenvalue weighted by atomic mass is 9.94. The SMILES string of the molecule is CCS(=O)(=O)Oc1cccc(CN(CC(C)C)C(=O)C(C)(C)C)c1. The quantitative estimate of drug-likeness (QED) is 0.703. The molecule has 1 rings (SSSR count). The van der Waals surface area contributed by atoms with Crippen molar-refractivity contribution in [3.63, 3.8) is 0 Å². The molecule has 0 aliphatic rings. The maximum atomic E-state index is 12.7. The molecule has 1 aromatic carbocycles. The smallest absolute Gasteiger partial charge is 0.308 e. The van der Waals surface area contributed by atoms with Crippen molar-refractivity contribution in [1.82, 2.24) is 4.90 Å². The number of nitrogens with zero attached hydrogens (tertiary/aromatic N) is 1. The fourth-order valence-corrected chi connectivity index (χ4v) is 2.77. The monoisotopic (exact) mass is 355 g/mol. The lowest BCUT2D eigenvalue weighted by Gasteiger charge is -2.31. The maximum Gasteiger partial charge on any atom is 0.308 e. The molecule has 0 fully saturated rings. The van der Waals surface area contributed by atoms with Gasteiger partial charge in [-0.05, 0) is 30.5 Å². The van der Waals surface area contributed by atoms with Gasteiger partial charge in [0.15, 0.2) is 0 Å². The van der Waals surface area contributed by atoms with Crippen molar-refractivity contribution in [2.75, 3.05) is 12.3 Å². The zero-order chi connectivity index (χ0) is 18.5. The average Bonchev–Trinajstić information content (AvgIpc) is 2.44. The van der Waals surface area contributed by atoms with Crippen LogP contribution in [0.15, 0.2) is 24.3 Å². The highest BCUT2D eigenvalue weighted by molar-refractivity contribution is 7.87. The fraction of sp³-hybridized carbons (Fsp3) is 0.611. The van der Waals surface area contributed by atoms with Crippen molar-refractivity contribution in [1.29, 1.82) is 0 Å². The molecule has 0 atom stereocenters. The number of hydrogen-bond donors (Lipinski definition) is 0. The highest BCUT2D eigenvalue weighted by atomic mass is 32.2. The molecule has 5 nitrogen and oxygen atoms in total. The second-order valence-electron chi connectivity index (χ2n) is 7.41. The molecule has 0 unspecified atom stereocenters. The van der Waals surface area contributed by atoms with Crippen LogP contribution >= 0.6 is 0 Å². The van der Waals surface area contributed by atoms with E-state index in [2.05, 4.69) is 13.8 Å². The van der Waals surface area contributed by atoms with Gasteiger partial charge in [0.2, 0.25) is 5.91 Å². The van der Waals surface area contributed by atoms with Gasteiger partial charge in [-0.3, -0.25) is 4.79 Å². The molecule has 0 saturated heterocycles. The van der Waals surface area contributed by atoms with Gasteiger partial charge in [0, 0.05) is 18.5 Å². The third-order valence-corrected chi connectivity index (χ3v) is 4.52. The van der Waals surface area contributed by atoms with Crippen LogP contribution in [0.25, 0.3) is 0 Å². The second-order valence-corrected chi connectivity index (χ2v) is 9.27. The van der Waals surface area contributed by atoms with Gasteiger partial charge in [0.25, 0.3) is 0 Å². The first kappa shape index (κ1) is 20.5. The molecule has 0 aliphatic heterocycles. The third kappa shape index (κ3) is 6.51. The Labute approximate surface area is 146 Å². The first-order chi connectivity index (χ1) is 10.9. The summed E-state index contributed by atoms with van der Waals surface area (Å²) in [5, 5.41) is 0. The maximum absolute atomic E-state index is 12.7. The lowest BCUT2D eigenvalue weighted by molar-refractivity contribution is -0.140. The minimum atomic E-state index is -3.56. The highest BCUT2D eigenvalue weighted by Crippen LogP contribution is 2.22. The Hall–Kier alpha value is -1.56. The van der Waals surface area contributed by atoms with Crippen molar-refractivity contribution in [3.8, 4) is 5.75 Å². The van der Waals surface area contributed by atoms with Crippen molar-refractivity contribution in [3.05, 3.63) is 29.8 Å². The Morgan fingerprint density at radius 3 is 2.38 bits per heavy atom. The third-order valence-electron chi connectivity index (χ3n) is 3.36. The van der Waals surface area contributed by atoms with Gasteiger partial charge in [-0.25, -0.2) is 0 Å². The van der Waals surface area contributed by atoms with E-state index in [1.54, 1.807) is 18.2 Å². The molecule has 0 spiro atoms. The van der Waals surface area contributed by atoms with Crippen LogP contribution in [0, 0.1) is 11.3 Å². The topological polar surface area (TPSA) is 63.7 Å². The summed E-state index contributed by atoms with van der Waals surface area (Å²) < 4.78 is 28.3. The highest BCUT2D eigenvalue weighted by Gasteiger charge is 2.27. The van der Waals surface area contributed by atoms with E-state index in [1.165, 1.54) is 6.92 Å². The van der Waals surface area contributed by atoms with E-state index >= 15 is 0 Å². The molecule has 1 amide bonds. The Morgan fingerprint density at radius 2 is 1.88 bits per heavy atom. The van der Waals surface area contributed by atoms with Crippen molar-refractivity contribution in [2.24, 2.45) is 11.3 Å². The molecular weight excluding hydrogens is 326 g/mol. The van der Waals surface area contributed by atoms with Crippen LogP contribution < -0.4 is 4.18 Å². The summed E-state index contributed by atoms with van der Waals surface area (Å²) >= 11 is 0. The van der Waals surface area contributed by atoms with Crippen molar-refractivity contribution >= 4 is 16.0 Å². The minimum absolute atomic E-state index is 0.0729. The molecule has 136 valence electrons. The number of carbonyl (C=O) groups is 1. The van der Waals surface area contributed by atoms with E-state index < -0.39 is 15.5 Å². The Morgan fingerprint density at radius 1 is 1.25 bits per heavy atom. The van der Waals surface area contributed by atoms with Crippen LogP contribution in [0.5, 0.6) is 5.75 Å². The predicted octanol–water partition coefficient (Wildman–Crippen LogP) is 3.45. The number of hydrogen-bond acceptors (Lipinski definition) is 4. The molecule has 0 bridgehead atoms. The van der Waals surface area contributed by atoms with Gasteiger partial charge in [0.05, 0.1) is 5.75 Å². The minimum Gasteiger partial charge on any atom is -0.382 e. The van der Waals surface area contributed by atoms with Gasteiger partial charge in [-0.1, -0.05) is 46.8 Å². The van der Waals surface area contributed by atoms with Gasteiger partial charge < -0.3 is 9.08 Å². The number of benzene rings is 1. The number of rotatable bonds is 7. The largest absolute Gasteiger partial charge is 0.382 e. The van der Waals surface area contributed by atoms with Crippen LogP contribution in [0.2, 0.25) is 0 Å². The van der Waals surface area contributed by atoms with E-state index in [9.17, 15) is 13.2 Å². The van der Waals surface area contributed by atoms with Crippen molar-refractivity contribution in [2.45, 2.75) is 48.1 Å². The standard InChI is InChI=1S/C18H29NO4S/c1-7-24(21,22)23-16-10-8-9-15(11-16)13-19(12-14(2)3)17(20)18(4,5)6/h8-11,14H,7,12-13H2,1-6H3. The molecule has 24 heavy (non-hydrogen) atoms. The number of amides is 1. The zero-order valence-electron chi connectivity index (χ0n) is 15.5.